The summed E-state index contributed by atoms with van der Waals surface area (Å²) in [5.41, 5.74) is 1.36. The van der Waals surface area contributed by atoms with Crippen LogP contribution < -0.4 is 10.1 Å². The van der Waals surface area contributed by atoms with Crippen molar-refractivity contribution in [2.75, 3.05) is 33.3 Å². The predicted octanol–water partition coefficient (Wildman–Crippen LogP) is 3.08. The van der Waals surface area contributed by atoms with Crippen molar-refractivity contribution < 1.29 is 4.74 Å². The van der Waals surface area contributed by atoms with E-state index in [9.17, 15) is 0 Å². The summed E-state index contributed by atoms with van der Waals surface area (Å²) in [5.74, 6) is 1.73. The maximum Gasteiger partial charge on any atom is 0.124 e. The summed E-state index contributed by atoms with van der Waals surface area (Å²) in [6.45, 7) is 8.49. The lowest BCUT2D eigenvalue weighted by atomic mass is 9.93. The summed E-state index contributed by atoms with van der Waals surface area (Å²) in [7, 11) is 2.05. The Kier molecular flexibility index (Phi) is 5.86. The van der Waals surface area contributed by atoms with E-state index in [0.717, 1.165) is 18.9 Å². The van der Waals surface area contributed by atoms with E-state index in [0.29, 0.717) is 12.0 Å². The summed E-state index contributed by atoms with van der Waals surface area (Å²) < 4.78 is 5.86. The topological polar surface area (TPSA) is 24.5 Å². The van der Waals surface area contributed by atoms with Gasteiger partial charge in [0.2, 0.25) is 0 Å². The van der Waals surface area contributed by atoms with E-state index in [-0.39, 0.29) is 0 Å². The maximum absolute atomic E-state index is 5.86. The van der Waals surface area contributed by atoms with Crippen LogP contribution in [0, 0.1) is 5.92 Å². The second-order valence-corrected chi connectivity index (χ2v) is 5.56. The molecule has 2 rings (SSSR count). The minimum absolute atomic E-state index is 0.491. The molecule has 1 fully saturated rings. The molecule has 2 atom stereocenters. The van der Waals surface area contributed by atoms with Crippen LogP contribution in [0.25, 0.3) is 0 Å². The zero-order chi connectivity index (χ0) is 14.4. The molecule has 3 heteroatoms. The number of hydrogen-bond acceptors (Lipinski definition) is 3. The minimum Gasteiger partial charge on any atom is -0.494 e. The second kappa shape index (κ2) is 7.65. The quantitative estimate of drug-likeness (QED) is 0.828. The number of rotatable bonds is 7. The van der Waals surface area contributed by atoms with Gasteiger partial charge in [0.1, 0.15) is 5.75 Å². The Hall–Kier alpha value is -1.06. The van der Waals surface area contributed by atoms with Crippen LogP contribution in [0.5, 0.6) is 5.75 Å². The molecule has 1 aliphatic rings. The highest BCUT2D eigenvalue weighted by atomic mass is 16.5. The van der Waals surface area contributed by atoms with Crippen LogP contribution in [-0.4, -0.2) is 38.2 Å². The lowest BCUT2D eigenvalue weighted by Gasteiger charge is -2.29. The van der Waals surface area contributed by atoms with Crippen LogP contribution in [0.4, 0.5) is 0 Å². The van der Waals surface area contributed by atoms with Gasteiger partial charge in [0.05, 0.1) is 6.61 Å². The van der Waals surface area contributed by atoms with Gasteiger partial charge in [0.15, 0.2) is 0 Å². The fourth-order valence-corrected chi connectivity index (χ4v) is 3.40. The molecule has 112 valence electrons. The summed E-state index contributed by atoms with van der Waals surface area (Å²) in [4.78, 5) is 2.62. The summed E-state index contributed by atoms with van der Waals surface area (Å²) in [6, 6.07) is 9.05. The van der Waals surface area contributed by atoms with Crippen molar-refractivity contribution >= 4 is 0 Å². The Morgan fingerprint density at radius 2 is 2.10 bits per heavy atom. The van der Waals surface area contributed by atoms with Crippen LogP contribution in [0.2, 0.25) is 0 Å². The number of likely N-dealkylation sites (tertiary alicyclic amines) is 1. The molecule has 0 aliphatic carbocycles. The highest BCUT2D eigenvalue weighted by Gasteiger charge is 2.35. The average Bonchev–Trinajstić information content (AvgIpc) is 2.84. The molecule has 1 heterocycles. The number of benzene rings is 1. The van der Waals surface area contributed by atoms with Crippen LogP contribution in [-0.2, 0) is 0 Å². The van der Waals surface area contributed by atoms with Crippen molar-refractivity contribution in [3.8, 4) is 5.75 Å². The second-order valence-electron chi connectivity index (χ2n) is 5.56. The molecule has 0 bridgehead atoms. The monoisotopic (exact) mass is 276 g/mol. The molecule has 1 aromatic carbocycles. The summed E-state index contributed by atoms with van der Waals surface area (Å²) in [6.07, 6.45) is 2.48. The lowest BCUT2D eigenvalue weighted by molar-refractivity contribution is 0.219. The number of para-hydroxylation sites is 1. The van der Waals surface area contributed by atoms with Crippen molar-refractivity contribution in [1.82, 2.24) is 10.2 Å². The molecule has 2 unspecified atom stereocenters. The molecule has 0 amide bonds. The van der Waals surface area contributed by atoms with Crippen LogP contribution in [0.1, 0.15) is 38.3 Å². The molecule has 1 aliphatic heterocycles. The molecule has 20 heavy (non-hydrogen) atoms. The Labute approximate surface area is 123 Å². The highest BCUT2D eigenvalue weighted by Crippen LogP contribution is 2.40. The molecule has 1 N–H and O–H groups in total. The first kappa shape index (κ1) is 15.3. The summed E-state index contributed by atoms with van der Waals surface area (Å²) >= 11 is 0. The van der Waals surface area contributed by atoms with Gasteiger partial charge in [-0.05, 0) is 58.4 Å². The van der Waals surface area contributed by atoms with Gasteiger partial charge in [0, 0.05) is 11.6 Å². The van der Waals surface area contributed by atoms with E-state index in [4.69, 9.17) is 4.74 Å². The first-order valence-corrected chi connectivity index (χ1v) is 7.92. The highest BCUT2D eigenvalue weighted by molar-refractivity contribution is 5.37. The molecule has 1 aromatic rings. The Morgan fingerprint density at radius 1 is 1.30 bits per heavy atom. The Morgan fingerprint density at radius 3 is 2.80 bits per heavy atom. The van der Waals surface area contributed by atoms with Gasteiger partial charge in [0.25, 0.3) is 0 Å². The predicted molar refractivity (Wildman–Crippen MR) is 84.2 cm³/mol. The minimum atomic E-state index is 0.491. The fourth-order valence-electron chi connectivity index (χ4n) is 3.40. The van der Waals surface area contributed by atoms with E-state index in [1.165, 1.54) is 31.5 Å². The first-order chi connectivity index (χ1) is 9.81. The van der Waals surface area contributed by atoms with Gasteiger partial charge in [-0.15, -0.1) is 0 Å². The smallest absolute Gasteiger partial charge is 0.124 e. The van der Waals surface area contributed by atoms with E-state index >= 15 is 0 Å². The number of hydrogen-bond donors (Lipinski definition) is 1. The van der Waals surface area contributed by atoms with Crippen molar-refractivity contribution in [2.24, 2.45) is 5.92 Å². The van der Waals surface area contributed by atoms with Gasteiger partial charge in [-0.25, -0.2) is 0 Å². The van der Waals surface area contributed by atoms with E-state index in [2.05, 4.69) is 48.3 Å². The number of nitrogens with zero attached hydrogens (tertiary/aromatic N) is 1. The van der Waals surface area contributed by atoms with E-state index in [1.807, 2.05) is 7.05 Å². The Balaban J connectivity index is 2.28. The lowest BCUT2D eigenvalue weighted by Crippen LogP contribution is -2.30. The number of nitrogens with one attached hydrogen (secondary N) is 1. The SMILES string of the molecule is CCCN1CCC(CNC)C1c1ccccc1OCC. The van der Waals surface area contributed by atoms with Crippen LogP contribution in [0.15, 0.2) is 24.3 Å². The average molecular weight is 276 g/mol. The third kappa shape index (κ3) is 3.33. The zero-order valence-electron chi connectivity index (χ0n) is 13.1. The van der Waals surface area contributed by atoms with Gasteiger partial charge in [-0.3, -0.25) is 4.90 Å². The molecule has 0 saturated carbocycles. The largest absolute Gasteiger partial charge is 0.494 e. The Bertz CT molecular complexity index is 394. The molecule has 0 radical (unpaired) electrons. The molecule has 1 saturated heterocycles. The maximum atomic E-state index is 5.86. The van der Waals surface area contributed by atoms with E-state index in [1.54, 1.807) is 0 Å². The zero-order valence-corrected chi connectivity index (χ0v) is 13.1. The summed E-state index contributed by atoms with van der Waals surface area (Å²) in [5, 5.41) is 3.36. The van der Waals surface area contributed by atoms with Crippen molar-refractivity contribution in [3.63, 3.8) is 0 Å². The van der Waals surface area contributed by atoms with Crippen molar-refractivity contribution in [2.45, 2.75) is 32.7 Å². The van der Waals surface area contributed by atoms with Crippen LogP contribution in [0.3, 0.4) is 0 Å². The molecule has 3 nitrogen and oxygen atoms in total. The molecule has 0 aromatic heterocycles. The third-order valence-electron chi connectivity index (χ3n) is 4.14. The normalized spacial score (nSPS) is 23.1. The van der Waals surface area contributed by atoms with Crippen LogP contribution >= 0.6 is 0 Å². The van der Waals surface area contributed by atoms with Gasteiger partial charge >= 0.3 is 0 Å². The molecule has 0 spiro atoms. The van der Waals surface area contributed by atoms with Crippen molar-refractivity contribution in [1.29, 1.82) is 0 Å². The molecular formula is C17H28N2O. The standard InChI is InChI=1S/C17H28N2O/c1-4-11-19-12-10-14(13-18-3)17(19)15-8-6-7-9-16(15)20-5-2/h6-9,14,17-18H,4-5,10-13H2,1-3H3. The first-order valence-electron chi connectivity index (χ1n) is 7.92. The number of ether oxygens (including phenoxy) is 1. The van der Waals surface area contributed by atoms with E-state index < -0.39 is 0 Å². The van der Waals surface area contributed by atoms with Crippen molar-refractivity contribution in [3.05, 3.63) is 29.8 Å². The van der Waals surface area contributed by atoms with Gasteiger partial charge < -0.3 is 10.1 Å². The van der Waals surface area contributed by atoms with Gasteiger partial charge in [-0.2, -0.15) is 0 Å². The fraction of sp³-hybridized carbons (Fsp3) is 0.647. The third-order valence-corrected chi connectivity index (χ3v) is 4.14. The molecular weight excluding hydrogens is 248 g/mol. The van der Waals surface area contributed by atoms with Gasteiger partial charge in [-0.1, -0.05) is 25.1 Å².